The van der Waals surface area contributed by atoms with Gasteiger partial charge in [-0.05, 0) is 32.4 Å². The van der Waals surface area contributed by atoms with Gasteiger partial charge in [0.1, 0.15) is 0 Å². The van der Waals surface area contributed by atoms with Crippen LogP contribution < -0.4 is 4.90 Å². The van der Waals surface area contributed by atoms with Crippen molar-refractivity contribution in [1.29, 1.82) is 0 Å². The molecule has 0 radical (unpaired) electrons. The van der Waals surface area contributed by atoms with Gasteiger partial charge >= 0.3 is 11.9 Å². The Morgan fingerprint density at radius 2 is 1.58 bits per heavy atom. The Balaban J connectivity index is 1.82. The van der Waals surface area contributed by atoms with Crippen molar-refractivity contribution in [2.24, 2.45) is 0 Å². The highest BCUT2D eigenvalue weighted by atomic mass is 35.5. The van der Waals surface area contributed by atoms with Crippen molar-refractivity contribution in [3.05, 3.63) is 27.9 Å². The molecule has 1 aliphatic rings. The fourth-order valence-electron chi connectivity index (χ4n) is 3.58. The lowest BCUT2D eigenvalue weighted by molar-refractivity contribution is -0.145. The van der Waals surface area contributed by atoms with Gasteiger partial charge in [0.05, 0.1) is 40.7 Å². The van der Waals surface area contributed by atoms with Crippen molar-refractivity contribution in [2.75, 3.05) is 44.3 Å². The zero-order valence-corrected chi connectivity index (χ0v) is 20.1. The molecule has 3 rings (SSSR count). The highest BCUT2D eigenvalue weighted by Gasteiger charge is 2.26. The quantitative estimate of drug-likeness (QED) is 0.536. The molecule has 1 amide bonds. The van der Waals surface area contributed by atoms with Crippen LogP contribution in [0.4, 0.5) is 5.82 Å². The van der Waals surface area contributed by atoms with Crippen LogP contribution >= 0.6 is 23.2 Å². The molecule has 178 valence electrons. The number of nitrogens with zero attached hydrogens (tertiary/aromatic N) is 4. The lowest BCUT2D eigenvalue weighted by Crippen LogP contribution is -2.36. The molecule has 1 aliphatic heterocycles. The number of anilines is 1. The van der Waals surface area contributed by atoms with E-state index in [1.807, 2.05) is 4.90 Å². The third-order valence-corrected chi connectivity index (χ3v) is 5.88. The van der Waals surface area contributed by atoms with Crippen molar-refractivity contribution < 1.29 is 23.9 Å². The molecule has 0 spiro atoms. The molecule has 1 fully saturated rings. The lowest BCUT2D eigenvalue weighted by atomic mass is 10.2. The van der Waals surface area contributed by atoms with Crippen LogP contribution in [-0.2, 0) is 19.1 Å². The van der Waals surface area contributed by atoms with Gasteiger partial charge in [0.2, 0.25) is 5.91 Å². The third-order valence-electron chi connectivity index (χ3n) is 5.15. The molecule has 2 aromatic rings. The first-order chi connectivity index (χ1) is 15.8. The number of ether oxygens (including phenoxy) is 2. The number of hydrogen-bond donors (Lipinski definition) is 0. The first-order valence-corrected chi connectivity index (χ1v) is 11.6. The predicted octanol–water partition coefficient (Wildman–Crippen LogP) is 3.50. The second kappa shape index (κ2) is 11.5. The van der Waals surface area contributed by atoms with Crippen molar-refractivity contribution in [3.8, 4) is 0 Å². The molecule has 1 aromatic heterocycles. The number of benzene rings is 1. The number of carbonyl (C=O) groups is 3. The minimum absolute atomic E-state index is 0.0549. The highest BCUT2D eigenvalue weighted by Crippen LogP contribution is 2.29. The number of aromatic nitrogens is 2. The number of carbonyl (C=O) groups excluding carboxylic acids is 3. The number of rotatable bonds is 7. The smallest absolute Gasteiger partial charge is 0.360 e. The maximum absolute atomic E-state index is 12.6. The van der Waals surface area contributed by atoms with Gasteiger partial charge in [-0.2, -0.15) is 0 Å². The molecule has 0 bridgehead atoms. The Hall–Kier alpha value is -2.65. The van der Waals surface area contributed by atoms with E-state index in [-0.39, 0.29) is 37.0 Å². The Morgan fingerprint density at radius 1 is 0.909 bits per heavy atom. The Labute approximate surface area is 201 Å². The van der Waals surface area contributed by atoms with Crippen molar-refractivity contribution >= 4 is 57.9 Å². The molecule has 33 heavy (non-hydrogen) atoms. The van der Waals surface area contributed by atoms with Crippen LogP contribution in [-0.4, -0.2) is 72.1 Å². The van der Waals surface area contributed by atoms with Crippen molar-refractivity contribution in [3.63, 3.8) is 0 Å². The van der Waals surface area contributed by atoms with Gasteiger partial charge in [0.15, 0.2) is 11.5 Å². The number of hydrogen-bond acceptors (Lipinski definition) is 8. The summed E-state index contributed by atoms with van der Waals surface area (Å²) in [5.74, 6) is -0.701. The molecule has 9 nitrogen and oxygen atoms in total. The summed E-state index contributed by atoms with van der Waals surface area (Å²) in [5, 5.41) is 0.648. The minimum atomic E-state index is -0.584. The van der Waals surface area contributed by atoms with E-state index < -0.39 is 5.97 Å². The molecular formula is C22H26Cl2N4O5. The Morgan fingerprint density at radius 3 is 2.24 bits per heavy atom. The van der Waals surface area contributed by atoms with Gasteiger partial charge < -0.3 is 19.3 Å². The third kappa shape index (κ3) is 6.23. The summed E-state index contributed by atoms with van der Waals surface area (Å²) in [5.41, 5.74) is 1.02. The molecule has 0 saturated carbocycles. The average Bonchev–Trinajstić information content (AvgIpc) is 3.04. The molecule has 0 atom stereocenters. The number of halogens is 2. The summed E-state index contributed by atoms with van der Waals surface area (Å²) in [6.07, 6.45) is 0.815. The van der Waals surface area contributed by atoms with Gasteiger partial charge in [-0.1, -0.05) is 23.2 Å². The van der Waals surface area contributed by atoms with E-state index in [0.29, 0.717) is 66.1 Å². The van der Waals surface area contributed by atoms with Gasteiger partial charge in [0.25, 0.3) is 0 Å². The first-order valence-electron chi connectivity index (χ1n) is 10.9. The van der Waals surface area contributed by atoms with E-state index in [0.717, 1.165) is 0 Å². The van der Waals surface area contributed by atoms with Crippen molar-refractivity contribution in [1.82, 2.24) is 14.9 Å². The van der Waals surface area contributed by atoms with Crippen molar-refractivity contribution in [2.45, 2.75) is 33.1 Å². The van der Waals surface area contributed by atoms with Gasteiger partial charge in [-0.15, -0.1) is 0 Å². The van der Waals surface area contributed by atoms with Crippen LogP contribution in [0, 0.1) is 0 Å². The molecular weight excluding hydrogens is 471 g/mol. The van der Waals surface area contributed by atoms with E-state index in [1.54, 1.807) is 30.9 Å². The molecule has 0 N–H and O–H groups in total. The largest absolute Gasteiger partial charge is 0.466 e. The summed E-state index contributed by atoms with van der Waals surface area (Å²) in [4.78, 5) is 49.5. The minimum Gasteiger partial charge on any atom is -0.466 e. The monoisotopic (exact) mass is 496 g/mol. The second-order valence-electron chi connectivity index (χ2n) is 7.40. The maximum Gasteiger partial charge on any atom is 0.360 e. The highest BCUT2D eigenvalue weighted by molar-refractivity contribution is 6.42. The fraction of sp³-hybridized carbons (Fsp3) is 0.500. The topological polar surface area (TPSA) is 102 Å². The molecule has 1 aromatic carbocycles. The number of esters is 2. The Bertz CT molecular complexity index is 1050. The first kappa shape index (κ1) is 25.0. The van der Waals surface area contributed by atoms with Crippen LogP contribution in [0.2, 0.25) is 10.0 Å². The van der Waals surface area contributed by atoms with E-state index in [4.69, 9.17) is 32.7 Å². The fourth-order valence-corrected chi connectivity index (χ4v) is 3.89. The SMILES string of the molecule is CCOC(=O)CCC(=O)N1CCCN(c2nc3cc(Cl)c(Cl)cc3nc2C(=O)OCC)CC1. The Kier molecular flexibility index (Phi) is 8.68. The predicted molar refractivity (Wildman–Crippen MR) is 125 cm³/mol. The molecule has 2 heterocycles. The summed E-state index contributed by atoms with van der Waals surface area (Å²) >= 11 is 12.3. The summed E-state index contributed by atoms with van der Waals surface area (Å²) in [6.45, 7) is 5.90. The summed E-state index contributed by atoms with van der Waals surface area (Å²) < 4.78 is 10.1. The van der Waals surface area contributed by atoms with Crippen LogP contribution in [0.15, 0.2) is 12.1 Å². The van der Waals surface area contributed by atoms with Gasteiger partial charge in [0, 0.05) is 32.6 Å². The molecule has 1 saturated heterocycles. The maximum atomic E-state index is 12.6. The second-order valence-corrected chi connectivity index (χ2v) is 8.21. The lowest BCUT2D eigenvalue weighted by Gasteiger charge is -2.24. The van der Waals surface area contributed by atoms with Crippen LogP contribution in [0.1, 0.15) is 43.6 Å². The normalized spacial score (nSPS) is 14.2. The van der Waals surface area contributed by atoms with Crippen LogP contribution in [0.5, 0.6) is 0 Å². The standard InChI is InChI=1S/C22H26Cl2N4O5/c1-3-32-19(30)7-6-18(29)27-8-5-9-28(11-10-27)21-20(22(31)33-4-2)25-16-12-14(23)15(24)13-17(16)26-21/h12-13H,3-11H2,1-2H3. The van der Waals surface area contributed by atoms with Crippen LogP contribution in [0.25, 0.3) is 11.0 Å². The van der Waals surface area contributed by atoms with E-state index in [1.165, 1.54) is 0 Å². The van der Waals surface area contributed by atoms with E-state index in [2.05, 4.69) is 9.97 Å². The molecule has 11 heteroatoms. The summed E-state index contributed by atoms with van der Waals surface area (Å²) in [6, 6.07) is 3.17. The number of fused-ring (bicyclic) bond motifs is 1. The van der Waals surface area contributed by atoms with E-state index >= 15 is 0 Å². The van der Waals surface area contributed by atoms with Gasteiger partial charge in [-0.25, -0.2) is 14.8 Å². The molecule has 0 aliphatic carbocycles. The van der Waals surface area contributed by atoms with Gasteiger partial charge in [-0.3, -0.25) is 9.59 Å². The zero-order valence-electron chi connectivity index (χ0n) is 18.6. The van der Waals surface area contributed by atoms with Crippen LogP contribution in [0.3, 0.4) is 0 Å². The van der Waals surface area contributed by atoms with E-state index in [9.17, 15) is 14.4 Å². The number of amides is 1. The zero-order chi connectivity index (χ0) is 24.0. The average molecular weight is 497 g/mol. The molecule has 0 unspecified atom stereocenters. The summed E-state index contributed by atoms with van der Waals surface area (Å²) in [7, 11) is 0.